The standard InChI is InChI=1S/C28H27N3O5S2/c1-3-4-17-36-22-13-15-23(16-14-22)38(34,35)31-18-21-10-6-8-12-25(21)30(19-26(31)27(32)29-33)28(37)24-11-7-5-9-20(24)2/h5-16,26,33H,17-19H2,1-2H3,(H,29,32). The van der Waals surface area contributed by atoms with Gasteiger partial charge in [-0.25, -0.2) is 13.9 Å². The Kier molecular flexibility index (Phi) is 8.44. The molecule has 0 aromatic heterocycles. The number of sulfonamides is 1. The molecule has 1 aliphatic rings. The Hall–Kier alpha value is -3.75. The first-order chi connectivity index (χ1) is 18.3. The van der Waals surface area contributed by atoms with Gasteiger partial charge in [-0.15, -0.1) is 5.92 Å². The zero-order valence-corrected chi connectivity index (χ0v) is 22.6. The van der Waals surface area contributed by atoms with Crippen LogP contribution in [-0.4, -0.2) is 48.0 Å². The van der Waals surface area contributed by atoms with Crippen LogP contribution >= 0.6 is 12.2 Å². The minimum Gasteiger partial charge on any atom is -0.481 e. The monoisotopic (exact) mass is 549 g/mol. The largest absolute Gasteiger partial charge is 0.481 e. The van der Waals surface area contributed by atoms with Crippen LogP contribution in [0.1, 0.15) is 23.6 Å². The van der Waals surface area contributed by atoms with Crippen LogP contribution in [0.2, 0.25) is 0 Å². The second-order valence-corrected chi connectivity index (χ2v) is 10.9. The SMILES string of the molecule is CC#CCOc1ccc(S(=O)(=O)N2Cc3ccccc3N(C(=S)c3ccccc3C)CC2C(=O)NO)cc1. The van der Waals surface area contributed by atoms with Crippen LogP contribution in [0.15, 0.2) is 77.7 Å². The van der Waals surface area contributed by atoms with E-state index in [9.17, 15) is 18.4 Å². The van der Waals surface area contributed by atoms with E-state index in [1.807, 2.05) is 43.3 Å². The van der Waals surface area contributed by atoms with E-state index < -0.39 is 22.0 Å². The molecule has 0 radical (unpaired) electrons. The van der Waals surface area contributed by atoms with Crippen molar-refractivity contribution in [2.24, 2.45) is 0 Å². The van der Waals surface area contributed by atoms with Crippen LogP contribution in [-0.2, 0) is 21.4 Å². The van der Waals surface area contributed by atoms with Crippen LogP contribution < -0.4 is 15.1 Å². The van der Waals surface area contributed by atoms with E-state index in [0.29, 0.717) is 22.0 Å². The Morgan fingerprint density at radius 2 is 1.79 bits per heavy atom. The summed E-state index contributed by atoms with van der Waals surface area (Å²) in [6, 6.07) is 19.5. The fourth-order valence-electron chi connectivity index (χ4n) is 4.27. The molecule has 3 aromatic rings. The lowest BCUT2D eigenvalue weighted by Crippen LogP contribution is -2.53. The molecule has 10 heteroatoms. The molecule has 4 rings (SSSR count). The summed E-state index contributed by atoms with van der Waals surface area (Å²) in [5, 5.41) is 9.58. The highest BCUT2D eigenvalue weighted by atomic mass is 32.2. The second kappa shape index (κ2) is 11.8. The van der Waals surface area contributed by atoms with Gasteiger partial charge in [-0.1, -0.05) is 60.6 Å². The topological polar surface area (TPSA) is 99.2 Å². The van der Waals surface area contributed by atoms with Crippen LogP contribution in [0.5, 0.6) is 5.75 Å². The molecule has 8 nitrogen and oxygen atoms in total. The van der Waals surface area contributed by atoms with Gasteiger partial charge in [0.15, 0.2) is 0 Å². The van der Waals surface area contributed by atoms with Crippen molar-refractivity contribution in [2.75, 3.05) is 18.1 Å². The number of carbonyl (C=O) groups is 1. The van der Waals surface area contributed by atoms with E-state index in [4.69, 9.17) is 17.0 Å². The fourth-order valence-corrected chi connectivity index (χ4v) is 6.23. The summed E-state index contributed by atoms with van der Waals surface area (Å²) in [6.45, 7) is 3.61. The predicted molar refractivity (Wildman–Crippen MR) is 148 cm³/mol. The van der Waals surface area contributed by atoms with E-state index >= 15 is 0 Å². The summed E-state index contributed by atoms with van der Waals surface area (Å²) in [5.41, 5.74) is 4.73. The molecule has 1 aliphatic heterocycles. The molecule has 0 saturated carbocycles. The molecule has 0 spiro atoms. The van der Waals surface area contributed by atoms with Crippen molar-refractivity contribution < 1.29 is 23.2 Å². The van der Waals surface area contributed by atoms with Gasteiger partial charge >= 0.3 is 0 Å². The number of hydrogen-bond donors (Lipinski definition) is 2. The number of amides is 1. The molecule has 1 heterocycles. The molecule has 1 unspecified atom stereocenters. The van der Waals surface area contributed by atoms with Crippen LogP contribution in [0.25, 0.3) is 0 Å². The van der Waals surface area contributed by atoms with Gasteiger partial charge in [0.1, 0.15) is 23.4 Å². The Labute approximate surface area is 227 Å². The van der Waals surface area contributed by atoms with Crippen molar-refractivity contribution in [3.63, 3.8) is 0 Å². The third-order valence-corrected chi connectivity index (χ3v) is 8.57. The lowest BCUT2D eigenvalue weighted by atomic mass is 10.1. The van der Waals surface area contributed by atoms with Crippen molar-refractivity contribution >= 4 is 38.8 Å². The number of thiocarbonyl (C=S) groups is 1. The summed E-state index contributed by atoms with van der Waals surface area (Å²) in [6.07, 6.45) is 0. The lowest BCUT2D eigenvalue weighted by Gasteiger charge is -2.31. The minimum atomic E-state index is -4.19. The van der Waals surface area contributed by atoms with Gasteiger partial charge in [-0.3, -0.25) is 10.0 Å². The number of carbonyl (C=O) groups excluding carboxylic acids is 1. The average Bonchev–Trinajstić information content (AvgIpc) is 3.11. The highest BCUT2D eigenvalue weighted by Crippen LogP contribution is 2.33. The molecule has 1 amide bonds. The summed E-state index contributed by atoms with van der Waals surface area (Å²) in [7, 11) is -4.19. The predicted octanol–water partition coefficient (Wildman–Crippen LogP) is 3.66. The molecule has 2 N–H and O–H groups in total. The number of aryl methyl sites for hydroxylation is 1. The molecule has 0 bridgehead atoms. The highest BCUT2D eigenvalue weighted by Gasteiger charge is 2.41. The number of hydrogen-bond acceptors (Lipinski definition) is 6. The van der Waals surface area contributed by atoms with Crippen molar-refractivity contribution in [1.82, 2.24) is 9.79 Å². The zero-order chi connectivity index (χ0) is 27.3. The molecular weight excluding hydrogens is 522 g/mol. The maximum Gasteiger partial charge on any atom is 0.263 e. The van der Waals surface area contributed by atoms with Gasteiger partial charge in [0, 0.05) is 24.3 Å². The number of hydroxylamine groups is 1. The van der Waals surface area contributed by atoms with Gasteiger partial charge in [0.05, 0.1) is 4.90 Å². The molecular formula is C28H27N3O5S2. The number of nitrogens with one attached hydrogen (secondary N) is 1. The fraction of sp³-hybridized carbons (Fsp3) is 0.214. The van der Waals surface area contributed by atoms with Crippen LogP contribution in [0.4, 0.5) is 5.69 Å². The number of para-hydroxylation sites is 1. The Morgan fingerprint density at radius 1 is 1.11 bits per heavy atom. The number of anilines is 1. The Bertz CT molecular complexity index is 1510. The summed E-state index contributed by atoms with van der Waals surface area (Å²) >= 11 is 5.86. The van der Waals surface area contributed by atoms with E-state index in [0.717, 1.165) is 15.4 Å². The summed E-state index contributed by atoms with van der Waals surface area (Å²) in [5.74, 6) is 5.11. The number of ether oxygens (including phenoxy) is 1. The molecule has 0 aliphatic carbocycles. The highest BCUT2D eigenvalue weighted by molar-refractivity contribution is 7.89. The maximum absolute atomic E-state index is 13.9. The number of rotatable bonds is 6. The van der Waals surface area contributed by atoms with Crippen molar-refractivity contribution in [3.05, 3.63) is 89.5 Å². The zero-order valence-electron chi connectivity index (χ0n) is 20.9. The van der Waals surface area contributed by atoms with Crippen molar-refractivity contribution in [1.29, 1.82) is 0 Å². The first-order valence-corrected chi connectivity index (χ1v) is 13.7. The third-order valence-electron chi connectivity index (χ3n) is 6.26. The van der Waals surface area contributed by atoms with Gasteiger partial charge < -0.3 is 9.64 Å². The van der Waals surface area contributed by atoms with E-state index in [1.54, 1.807) is 29.4 Å². The van der Waals surface area contributed by atoms with Gasteiger partial charge in [-0.05, 0) is 55.3 Å². The molecule has 38 heavy (non-hydrogen) atoms. The molecule has 0 fully saturated rings. The normalized spacial score (nSPS) is 15.4. The van der Waals surface area contributed by atoms with Gasteiger partial charge in [0.25, 0.3) is 5.91 Å². The van der Waals surface area contributed by atoms with E-state index in [-0.39, 0.29) is 24.6 Å². The molecule has 0 saturated heterocycles. The number of nitrogens with zero attached hydrogens (tertiary/aromatic N) is 2. The lowest BCUT2D eigenvalue weighted by molar-refractivity contribution is -0.132. The Morgan fingerprint density at radius 3 is 2.47 bits per heavy atom. The van der Waals surface area contributed by atoms with Crippen molar-refractivity contribution in [2.45, 2.75) is 31.3 Å². The van der Waals surface area contributed by atoms with Crippen LogP contribution in [0.3, 0.4) is 0 Å². The van der Waals surface area contributed by atoms with Crippen LogP contribution in [0, 0.1) is 18.8 Å². The minimum absolute atomic E-state index is 0.0189. The Balaban J connectivity index is 1.76. The number of fused-ring (bicyclic) bond motifs is 1. The quantitative estimate of drug-likeness (QED) is 0.210. The van der Waals surface area contributed by atoms with Gasteiger partial charge in [-0.2, -0.15) is 4.31 Å². The van der Waals surface area contributed by atoms with E-state index in [1.165, 1.54) is 24.3 Å². The second-order valence-electron chi connectivity index (χ2n) is 8.59. The molecule has 196 valence electrons. The first kappa shape index (κ1) is 27.3. The third kappa shape index (κ3) is 5.56. The van der Waals surface area contributed by atoms with Crippen molar-refractivity contribution in [3.8, 4) is 17.6 Å². The summed E-state index contributed by atoms with van der Waals surface area (Å²) < 4.78 is 34.4. The molecule has 1 atom stereocenters. The maximum atomic E-state index is 13.9. The first-order valence-electron chi connectivity index (χ1n) is 11.8. The number of benzene rings is 3. The smallest absolute Gasteiger partial charge is 0.263 e. The van der Waals surface area contributed by atoms with Gasteiger partial charge in [0.2, 0.25) is 10.0 Å². The average molecular weight is 550 g/mol. The summed E-state index contributed by atoms with van der Waals surface area (Å²) in [4.78, 5) is 15.1. The van der Waals surface area contributed by atoms with E-state index in [2.05, 4.69) is 11.8 Å². The molecule has 3 aromatic carbocycles.